The SMILES string of the molecule is Cc1ccc(-n2c(=O)c3sccc3n(CC(=O)N3CCCC3)c2=O)cc1F. The van der Waals surface area contributed by atoms with E-state index >= 15 is 0 Å². The molecule has 0 radical (unpaired) electrons. The standard InChI is InChI=1S/C19H18FN3O3S/c1-12-4-5-13(10-14(12)20)23-18(25)17-15(6-9-27-17)22(19(23)26)11-16(24)21-7-2-3-8-21/h4-6,9-10H,2-3,7-8,11H2,1H3. The maximum absolute atomic E-state index is 14.0. The molecule has 0 spiro atoms. The molecule has 0 unspecified atom stereocenters. The Kier molecular flexibility index (Phi) is 4.43. The van der Waals surface area contributed by atoms with Crippen molar-refractivity contribution in [3.05, 3.63) is 61.9 Å². The third kappa shape index (κ3) is 2.99. The normalized spacial score (nSPS) is 14.2. The van der Waals surface area contributed by atoms with E-state index in [-0.39, 0.29) is 18.1 Å². The topological polar surface area (TPSA) is 64.3 Å². The largest absolute Gasteiger partial charge is 0.341 e. The van der Waals surface area contributed by atoms with Gasteiger partial charge in [-0.3, -0.25) is 14.2 Å². The van der Waals surface area contributed by atoms with Crippen molar-refractivity contribution in [3.63, 3.8) is 0 Å². The fourth-order valence-corrected chi connectivity index (χ4v) is 4.21. The lowest BCUT2D eigenvalue weighted by Crippen LogP contribution is -2.42. The first kappa shape index (κ1) is 17.7. The highest BCUT2D eigenvalue weighted by Crippen LogP contribution is 2.18. The molecule has 140 valence electrons. The summed E-state index contributed by atoms with van der Waals surface area (Å²) in [5.74, 6) is -0.646. The molecular formula is C19H18FN3O3S. The van der Waals surface area contributed by atoms with Crippen molar-refractivity contribution in [2.75, 3.05) is 13.1 Å². The molecule has 1 aliphatic heterocycles. The van der Waals surface area contributed by atoms with Gasteiger partial charge in [-0.05, 0) is 48.9 Å². The first-order chi connectivity index (χ1) is 13.0. The zero-order valence-electron chi connectivity index (χ0n) is 14.8. The number of aromatic nitrogens is 2. The number of hydrogen-bond donors (Lipinski definition) is 0. The van der Waals surface area contributed by atoms with Crippen molar-refractivity contribution in [1.82, 2.24) is 14.0 Å². The van der Waals surface area contributed by atoms with Gasteiger partial charge in [0.2, 0.25) is 5.91 Å². The van der Waals surface area contributed by atoms with E-state index in [1.165, 1.54) is 34.1 Å². The average molecular weight is 387 g/mol. The van der Waals surface area contributed by atoms with Crippen LogP contribution in [0.2, 0.25) is 0 Å². The summed E-state index contributed by atoms with van der Waals surface area (Å²) in [4.78, 5) is 40.2. The molecule has 1 amide bonds. The molecule has 8 heteroatoms. The fourth-order valence-electron chi connectivity index (χ4n) is 3.39. The van der Waals surface area contributed by atoms with Gasteiger partial charge < -0.3 is 4.90 Å². The van der Waals surface area contributed by atoms with Gasteiger partial charge in [-0.2, -0.15) is 0 Å². The number of halogens is 1. The van der Waals surface area contributed by atoms with Crippen molar-refractivity contribution >= 4 is 27.5 Å². The van der Waals surface area contributed by atoms with E-state index in [9.17, 15) is 18.8 Å². The van der Waals surface area contributed by atoms with Crippen LogP contribution in [-0.2, 0) is 11.3 Å². The molecule has 27 heavy (non-hydrogen) atoms. The highest BCUT2D eigenvalue weighted by molar-refractivity contribution is 7.17. The first-order valence-electron chi connectivity index (χ1n) is 8.75. The van der Waals surface area contributed by atoms with E-state index in [2.05, 4.69) is 0 Å². The monoisotopic (exact) mass is 387 g/mol. The summed E-state index contributed by atoms with van der Waals surface area (Å²) < 4.78 is 16.6. The Balaban J connectivity index is 1.90. The molecule has 0 saturated carbocycles. The molecule has 0 aliphatic carbocycles. The van der Waals surface area contributed by atoms with Crippen LogP contribution in [-0.4, -0.2) is 33.0 Å². The van der Waals surface area contributed by atoms with Gasteiger partial charge >= 0.3 is 5.69 Å². The number of likely N-dealkylation sites (tertiary alicyclic amines) is 1. The zero-order valence-corrected chi connectivity index (χ0v) is 15.6. The van der Waals surface area contributed by atoms with Crippen LogP contribution in [0.4, 0.5) is 4.39 Å². The lowest BCUT2D eigenvalue weighted by atomic mass is 10.2. The zero-order chi connectivity index (χ0) is 19.1. The summed E-state index contributed by atoms with van der Waals surface area (Å²) in [5, 5.41) is 1.71. The summed E-state index contributed by atoms with van der Waals surface area (Å²) in [7, 11) is 0. The number of carbonyl (C=O) groups is 1. The molecule has 3 aromatic rings. The highest BCUT2D eigenvalue weighted by Gasteiger charge is 2.22. The molecular weight excluding hydrogens is 369 g/mol. The van der Waals surface area contributed by atoms with Crippen molar-refractivity contribution < 1.29 is 9.18 Å². The Hall–Kier alpha value is -2.74. The molecule has 2 aromatic heterocycles. The van der Waals surface area contributed by atoms with E-state index in [0.29, 0.717) is 28.9 Å². The second kappa shape index (κ2) is 6.77. The van der Waals surface area contributed by atoms with Crippen LogP contribution in [0.1, 0.15) is 18.4 Å². The summed E-state index contributed by atoms with van der Waals surface area (Å²) in [6, 6.07) is 5.90. The van der Waals surface area contributed by atoms with E-state index in [1.807, 2.05) is 0 Å². The Morgan fingerprint density at radius 3 is 2.63 bits per heavy atom. The van der Waals surface area contributed by atoms with Gasteiger partial charge in [-0.25, -0.2) is 13.8 Å². The van der Waals surface area contributed by atoms with Gasteiger partial charge in [-0.1, -0.05) is 6.07 Å². The summed E-state index contributed by atoms with van der Waals surface area (Å²) in [6.07, 6.45) is 1.91. The maximum atomic E-state index is 14.0. The van der Waals surface area contributed by atoms with Crippen LogP contribution in [0, 0.1) is 12.7 Å². The molecule has 6 nitrogen and oxygen atoms in total. The Morgan fingerprint density at radius 2 is 1.93 bits per heavy atom. The molecule has 0 atom stereocenters. The molecule has 1 fully saturated rings. The molecule has 1 aliphatic rings. The van der Waals surface area contributed by atoms with E-state index < -0.39 is 17.1 Å². The van der Waals surface area contributed by atoms with Gasteiger partial charge in [0.1, 0.15) is 17.1 Å². The Morgan fingerprint density at radius 1 is 1.19 bits per heavy atom. The quantitative estimate of drug-likeness (QED) is 0.693. The number of rotatable bonds is 3. The molecule has 3 heterocycles. The van der Waals surface area contributed by atoms with Crippen molar-refractivity contribution in [1.29, 1.82) is 0 Å². The third-order valence-corrected chi connectivity index (χ3v) is 5.81. The fraction of sp³-hybridized carbons (Fsp3) is 0.316. The number of aryl methyl sites for hydroxylation is 1. The minimum absolute atomic E-state index is 0.138. The number of benzene rings is 1. The van der Waals surface area contributed by atoms with Crippen LogP contribution < -0.4 is 11.2 Å². The van der Waals surface area contributed by atoms with Gasteiger partial charge in [0.25, 0.3) is 5.56 Å². The molecule has 4 rings (SSSR count). The van der Waals surface area contributed by atoms with E-state index in [1.54, 1.807) is 23.3 Å². The number of fused-ring (bicyclic) bond motifs is 1. The predicted molar refractivity (Wildman–Crippen MR) is 102 cm³/mol. The van der Waals surface area contributed by atoms with Gasteiger partial charge in [-0.15, -0.1) is 11.3 Å². The number of thiophene rings is 1. The van der Waals surface area contributed by atoms with Crippen LogP contribution in [0.5, 0.6) is 0 Å². The third-order valence-electron chi connectivity index (χ3n) is 4.92. The van der Waals surface area contributed by atoms with Crippen LogP contribution in [0.15, 0.2) is 39.2 Å². The lowest BCUT2D eigenvalue weighted by molar-refractivity contribution is -0.130. The lowest BCUT2D eigenvalue weighted by Gasteiger charge is -2.17. The van der Waals surface area contributed by atoms with Gasteiger partial charge in [0.05, 0.1) is 11.2 Å². The van der Waals surface area contributed by atoms with Gasteiger partial charge in [0.15, 0.2) is 0 Å². The summed E-state index contributed by atoms with van der Waals surface area (Å²) in [6.45, 7) is 2.84. The van der Waals surface area contributed by atoms with E-state index in [0.717, 1.165) is 17.4 Å². The second-order valence-corrected chi connectivity index (χ2v) is 7.58. The van der Waals surface area contributed by atoms with Crippen LogP contribution >= 0.6 is 11.3 Å². The number of hydrogen-bond acceptors (Lipinski definition) is 4. The van der Waals surface area contributed by atoms with Crippen molar-refractivity contribution in [2.24, 2.45) is 0 Å². The van der Waals surface area contributed by atoms with Crippen molar-refractivity contribution in [3.8, 4) is 5.69 Å². The van der Waals surface area contributed by atoms with Crippen LogP contribution in [0.25, 0.3) is 15.9 Å². The minimum atomic E-state index is -0.637. The highest BCUT2D eigenvalue weighted by atomic mass is 32.1. The molecule has 0 N–H and O–H groups in total. The minimum Gasteiger partial charge on any atom is -0.341 e. The maximum Gasteiger partial charge on any atom is 0.336 e. The molecule has 1 aromatic carbocycles. The summed E-state index contributed by atoms with van der Waals surface area (Å²) in [5.41, 5.74) is -0.120. The smallest absolute Gasteiger partial charge is 0.336 e. The number of amides is 1. The second-order valence-electron chi connectivity index (χ2n) is 6.67. The first-order valence-corrected chi connectivity index (χ1v) is 9.62. The average Bonchev–Trinajstić information content (AvgIpc) is 3.33. The van der Waals surface area contributed by atoms with Crippen LogP contribution in [0.3, 0.4) is 0 Å². The van der Waals surface area contributed by atoms with Crippen molar-refractivity contribution in [2.45, 2.75) is 26.3 Å². The predicted octanol–water partition coefficient (Wildman–Crippen LogP) is 2.28. The van der Waals surface area contributed by atoms with Gasteiger partial charge in [0, 0.05) is 13.1 Å². The summed E-state index contributed by atoms with van der Waals surface area (Å²) >= 11 is 1.20. The molecule has 0 bridgehead atoms. The Labute approximate surface area is 158 Å². The number of nitrogens with zero attached hydrogens (tertiary/aromatic N) is 3. The number of carbonyl (C=O) groups excluding carboxylic acids is 1. The van der Waals surface area contributed by atoms with E-state index in [4.69, 9.17) is 0 Å². The Bertz CT molecular complexity index is 1160. The molecule has 1 saturated heterocycles.